The molecule has 0 bridgehead atoms. The lowest BCUT2D eigenvalue weighted by Crippen LogP contribution is -2.44. The summed E-state index contributed by atoms with van der Waals surface area (Å²) >= 11 is 0. The van der Waals surface area contributed by atoms with Crippen LogP contribution < -0.4 is 15.0 Å². The van der Waals surface area contributed by atoms with Crippen LogP contribution in [0.1, 0.15) is 23.0 Å². The maximum atomic E-state index is 12.4. The quantitative estimate of drug-likeness (QED) is 0.825. The predicted octanol–water partition coefficient (Wildman–Crippen LogP) is 0.952. The first-order valence-electron chi connectivity index (χ1n) is 8.77. The van der Waals surface area contributed by atoms with Crippen molar-refractivity contribution >= 4 is 11.7 Å². The minimum absolute atomic E-state index is 0.225. The molecular formula is C18H24N6O2. The van der Waals surface area contributed by atoms with Crippen molar-refractivity contribution < 1.29 is 9.53 Å². The van der Waals surface area contributed by atoms with E-state index in [-0.39, 0.29) is 5.91 Å². The smallest absolute Gasteiger partial charge is 0.270 e. The first kappa shape index (κ1) is 18.1. The Morgan fingerprint density at radius 1 is 1.19 bits per heavy atom. The van der Waals surface area contributed by atoms with Crippen molar-refractivity contribution in [3.63, 3.8) is 0 Å². The summed E-state index contributed by atoms with van der Waals surface area (Å²) in [6, 6.07) is 5.42. The van der Waals surface area contributed by atoms with Crippen LogP contribution in [-0.2, 0) is 6.54 Å². The number of ether oxygens (including phenoxy) is 1. The molecule has 0 unspecified atom stereocenters. The van der Waals surface area contributed by atoms with Crippen molar-refractivity contribution in [1.82, 2.24) is 25.2 Å². The number of rotatable bonds is 6. The van der Waals surface area contributed by atoms with E-state index < -0.39 is 0 Å². The van der Waals surface area contributed by atoms with Crippen LogP contribution in [0.15, 0.2) is 30.7 Å². The van der Waals surface area contributed by atoms with E-state index in [1.165, 1.54) is 6.33 Å². The first-order valence-corrected chi connectivity index (χ1v) is 8.77. The third-order valence-electron chi connectivity index (χ3n) is 4.26. The van der Waals surface area contributed by atoms with Gasteiger partial charge in [0.15, 0.2) is 0 Å². The van der Waals surface area contributed by atoms with Gasteiger partial charge >= 0.3 is 0 Å². The number of carbonyl (C=O) groups is 1. The number of piperazine rings is 1. The third kappa shape index (κ3) is 4.66. The average Bonchev–Trinajstić information content (AvgIpc) is 2.68. The molecule has 0 aromatic carbocycles. The molecule has 1 saturated heterocycles. The number of nitrogens with zero attached hydrogens (tertiary/aromatic N) is 5. The molecule has 1 N–H and O–H groups in total. The number of likely N-dealkylation sites (N-methyl/N-ethyl adjacent to an activating group) is 1. The van der Waals surface area contributed by atoms with Gasteiger partial charge in [-0.2, -0.15) is 0 Å². The van der Waals surface area contributed by atoms with Crippen molar-refractivity contribution in [3.8, 4) is 5.88 Å². The molecule has 0 spiro atoms. The van der Waals surface area contributed by atoms with Gasteiger partial charge in [0.05, 0.1) is 6.61 Å². The van der Waals surface area contributed by atoms with Crippen LogP contribution >= 0.6 is 0 Å². The number of hydrogen-bond donors (Lipinski definition) is 1. The molecule has 1 aliphatic heterocycles. The van der Waals surface area contributed by atoms with Gasteiger partial charge in [-0.25, -0.2) is 15.0 Å². The van der Waals surface area contributed by atoms with Gasteiger partial charge in [0.1, 0.15) is 17.8 Å². The van der Waals surface area contributed by atoms with Gasteiger partial charge < -0.3 is 19.9 Å². The fourth-order valence-corrected chi connectivity index (χ4v) is 2.70. The number of pyridine rings is 1. The molecule has 26 heavy (non-hydrogen) atoms. The van der Waals surface area contributed by atoms with Crippen molar-refractivity contribution in [3.05, 3.63) is 42.0 Å². The van der Waals surface area contributed by atoms with Crippen LogP contribution in [0, 0.1) is 0 Å². The number of hydrogen-bond acceptors (Lipinski definition) is 7. The lowest BCUT2D eigenvalue weighted by Gasteiger charge is -2.33. The third-order valence-corrected chi connectivity index (χ3v) is 4.26. The van der Waals surface area contributed by atoms with Crippen molar-refractivity contribution in [2.24, 2.45) is 0 Å². The number of nitrogens with one attached hydrogen (secondary N) is 1. The number of carbonyl (C=O) groups excluding carboxylic acids is 1. The zero-order chi connectivity index (χ0) is 18.4. The van der Waals surface area contributed by atoms with E-state index in [0.717, 1.165) is 37.6 Å². The van der Waals surface area contributed by atoms with Crippen molar-refractivity contribution in [1.29, 1.82) is 0 Å². The lowest BCUT2D eigenvalue weighted by molar-refractivity contribution is 0.0945. The summed E-state index contributed by atoms with van der Waals surface area (Å²) in [5.74, 6) is 1.15. The molecule has 1 aliphatic rings. The second-order valence-corrected chi connectivity index (χ2v) is 6.17. The molecule has 0 atom stereocenters. The van der Waals surface area contributed by atoms with Crippen LogP contribution in [0.3, 0.4) is 0 Å². The molecule has 3 rings (SSSR count). The van der Waals surface area contributed by atoms with Crippen LogP contribution in [0.2, 0.25) is 0 Å². The minimum Gasteiger partial charge on any atom is -0.478 e. The number of anilines is 1. The highest BCUT2D eigenvalue weighted by atomic mass is 16.5. The summed E-state index contributed by atoms with van der Waals surface area (Å²) in [6.45, 7) is 6.62. The standard InChI is InChI=1S/C18H24N6O2/c1-3-26-17-5-4-14(11-19-17)12-20-18(25)15-10-16(22-13-21-15)24-8-6-23(2)7-9-24/h4-5,10-11,13H,3,6-9,12H2,1-2H3,(H,20,25). The molecule has 138 valence electrons. The number of aromatic nitrogens is 3. The second kappa shape index (κ2) is 8.57. The van der Waals surface area contributed by atoms with E-state index in [1.807, 2.05) is 13.0 Å². The van der Waals surface area contributed by atoms with E-state index in [1.54, 1.807) is 18.3 Å². The maximum Gasteiger partial charge on any atom is 0.270 e. The van der Waals surface area contributed by atoms with Gasteiger partial charge in [-0.15, -0.1) is 0 Å². The molecule has 1 amide bonds. The van der Waals surface area contributed by atoms with E-state index in [0.29, 0.717) is 24.7 Å². The molecule has 0 aliphatic carbocycles. The van der Waals surface area contributed by atoms with Crippen molar-refractivity contribution in [2.75, 3.05) is 44.7 Å². The predicted molar refractivity (Wildman–Crippen MR) is 98.3 cm³/mol. The summed E-state index contributed by atoms with van der Waals surface area (Å²) in [6.07, 6.45) is 3.14. The Balaban J connectivity index is 1.58. The molecule has 8 nitrogen and oxygen atoms in total. The Bertz CT molecular complexity index is 729. The summed E-state index contributed by atoms with van der Waals surface area (Å²) < 4.78 is 5.31. The SMILES string of the molecule is CCOc1ccc(CNC(=O)c2cc(N3CCN(C)CC3)ncn2)cn1. The van der Waals surface area contributed by atoms with E-state index in [4.69, 9.17) is 4.74 Å². The normalized spacial score (nSPS) is 14.9. The average molecular weight is 356 g/mol. The Hall–Kier alpha value is -2.74. The fourth-order valence-electron chi connectivity index (χ4n) is 2.70. The Morgan fingerprint density at radius 2 is 2.00 bits per heavy atom. The molecule has 0 saturated carbocycles. The Morgan fingerprint density at radius 3 is 2.69 bits per heavy atom. The summed E-state index contributed by atoms with van der Waals surface area (Å²) in [7, 11) is 2.10. The van der Waals surface area contributed by atoms with Crippen LogP contribution in [0.5, 0.6) is 5.88 Å². The largest absolute Gasteiger partial charge is 0.478 e. The molecule has 0 radical (unpaired) electrons. The zero-order valence-electron chi connectivity index (χ0n) is 15.2. The van der Waals surface area contributed by atoms with Gasteiger partial charge in [0.25, 0.3) is 5.91 Å². The van der Waals surface area contributed by atoms with E-state index in [2.05, 4.69) is 37.1 Å². The topological polar surface area (TPSA) is 83.5 Å². The Kier molecular flexibility index (Phi) is 5.96. The summed E-state index contributed by atoms with van der Waals surface area (Å²) in [5, 5.41) is 2.87. The summed E-state index contributed by atoms with van der Waals surface area (Å²) in [4.78, 5) is 29.5. The molecular weight excluding hydrogens is 332 g/mol. The van der Waals surface area contributed by atoms with Gasteiger partial charge in [-0.05, 0) is 19.5 Å². The van der Waals surface area contributed by atoms with E-state index in [9.17, 15) is 4.79 Å². The molecule has 1 fully saturated rings. The second-order valence-electron chi connectivity index (χ2n) is 6.17. The van der Waals surface area contributed by atoms with Crippen LogP contribution in [-0.4, -0.2) is 65.6 Å². The highest BCUT2D eigenvalue weighted by Gasteiger charge is 2.17. The number of amides is 1. The van der Waals surface area contributed by atoms with Gasteiger partial charge in [0.2, 0.25) is 5.88 Å². The highest BCUT2D eigenvalue weighted by molar-refractivity contribution is 5.92. The van der Waals surface area contributed by atoms with Crippen LogP contribution in [0.25, 0.3) is 0 Å². The monoisotopic (exact) mass is 356 g/mol. The highest BCUT2D eigenvalue weighted by Crippen LogP contribution is 2.13. The lowest BCUT2D eigenvalue weighted by atomic mass is 10.2. The molecule has 2 aromatic heterocycles. The Labute approximate surface area is 153 Å². The maximum absolute atomic E-state index is 12.4. The van der Waals surface area contributed by atoms with Crippen molar-refractivity contribution in [2.45, 2.75) is 13.5 Å². The molecule has 8 heteroatoms. The van der Waals surface area contributed by atoms with Crippen LogP contribution in [0.4, 0.5) is 5.82 Å². The summed E-state index contributed by atoms with van der Waals surface area (Å²) in [5.41, 5.74) is 1.27. The first-order chi connectivity index (χ1) is 12.7. The fraction of sp³-hybridized carbons (Fsp3) is 0.444. The van der Waals surface area contributed by atoms with Gasteiger partial charge in [0, 0.05) is 51.1 Å². The van der Waals surface area contributed by atoms with Gasteiger partial charge in [-0.1, -0.05) is 6.07 Å². The van der Waals surface area contributed by atoms with Gasteiger partial charge in [-0.3, -0.25) is 4.79 Å². The zero-order valence-corrected chi connectivity index (χ0v) is 15.2. The van der Waals surface area contributed by atoms with E-state index >= 15 is 0 Å². The molecule has 2 aromatic rings. The molecule has 3 heterocycles. The minimum atomic E-state index is -0.225.